The number of hydrogen-bond acceptors (Lipinski definition) is 4. The summed E-state index contributed by atoms with van der Waals surface area (Å²) in [7, 11) is 0. The predicted octanol–water partition coefficient (Wildman–Crippen LogP) is 1.64. The molecule has 0 aromatic heterocycles. The normalized spacial score (nSPS) is 21.3. The van der Waals surface area contributed by atoms with Gasteiger partial charge in [0.1, 0.15) is 0 Å². The fourth-order valence-electron chi connectivity index (χ4n) is 3.26. The quantitative estimate of drug-likeness (QED) is 0.553. The standard InChI is InChI=1S/C19H26N4O4/c1-2-23(11-17(24)25)16-9-15(10-16)20-18(26)12-4-3-5-14(8-12)22-19(27)21-13-6-7-13/h3-5,8,13,15-16H,2,6-7,9-11H2,1H3,(H,20,26)(H,24,25)(H2,21,22,27). The largest absolute Gasteiger partial charge is 0.480 e. The number of urea groups is 1. The Hall–Kier alpha value is -2.61. The topological polar surface area (TPSA) is 111 Å². The Labute approximate surface area is 158 Å². The first-order chi connectivity index (χ1) is 12.9. The lowest BCUT2D eigenvalue weighted by molar-refractivity contribution is -0.139. The van der Waals surface area contributed by atoms with Gasteiger partial charge in [0.2, 0.25) is 0 Å². The highest BCUT2D eigenvalue weighted by Gasteiger charge is 2.34. The highest BCUT2D eigenvalue weighted by molar-refractivity contribution is 5.97. The van der Waals surface area contributed by atoms with Crippen LogP contribution in [0.2, 0.25) is 0 Å². The van der Waals surface area contributed by atoms with Crippen molar-refractivity contribution in [3.8, 4) is 0 Å². The van der Waals surface area contributed by atoms with E-state index in [9.17, 15) is 14.4 Å². The second-order valence-electron chi connectivity index (χ2n) is 7.21. The minimum atomic E-state index is -0.834. The van der Waals surface area contributed by atoms with Crippen LogP contribution in [0.5, 0.6) is 0 Å². The first-order valence-electron chi connectivity index (χ1n) is 9.39. The van der Waals surface area contributed by atoms with Crippen LogP contribution in [0.4, 0.5) is 10.5 Å². The number of hydrogen-bond donors (Lipinski definition) is 4. The van der Waals surface area contributed by atoms with E-state index in [2.05, 4.69) is 16.0 Å². The summed E-state index contributed by atoms with van der Waals surface area (Å²) in [6, 6.07) is 7.08. The summed E-state index contributed by atoms with van der Waals surface area (Å²) in [6.45, 7) is 2.64. The Bertz CT molecular complexity index is 713. The molecule has 2 aliphatic rings. The van der Waals surface area contributed by atoms with E-state index < -0.39 is 5.97 Å². The first-order valence-corrected chi connectivity index (χ1v) is 9.39. The van der Waals surface area contributed by atoms with Crippen molar-refractivity contribution in [3.05, 3.63) is 29.8 Å². The summed E-state index contributed by atoms with van der Waals surface area (Å²) in [5.74, 6) is -1.02. The molecular formula is C19H26N4O4. The second kappa shape index (κ2) is 8.39. The van der Waals surface area contributed by atoms with Crippen molar-refractivity contribution < 1.29 is 19.5 Å². The molecule has 8 heteroatoms. The average Bonchev–Trinajstić information content (AvgIpc) is 3.39. The van der Waals surface area contributed by atoms with Crippen molar-refractivity contribution >= 4 is 23.6 Å². The van der Waals surface area contributed by atoms with Crippen LogP contribution in [0, 0.1) is 0 Å². The third kappa shape index (κ3) is 5.43. The summed E-state index contributed by atoms with van der Waals surface area (Å²) in [5.41, 5.74) is 1.06. The lowest BCUT2D eigenvalue weighted by atomic mass is 9.85. The van der Waals surface area contributed by atoms with E-state index in [1.807, 2.05) is 11.8 Å². The maximum absolute atomic E-state index is 12.5. The highest BCUT2D eigenvalue weighted by Crippen LogP contribution is 2.26. The second-order valence-corrected chi connectivity index (χ2v) is 7.21. The molecule has 0 unspecified atom stereocenters. The molecule has 1 aromatic rings. The number of carbonyl (C=O) groups excluding carboxylic acids is 2. The Morgan fingerprint density at radius 3 is 2.52 bits per heavy atom. The minimum Gasteiger partial charge on any atom is -0.480 e. The van der Waals surface area contributed by atoms with E-state index >= 15 is 0 Å². The number of amides is 3. The number of carboxylic acid groups (broad SMARTS) is 1. The van der Waals surface area contributed by atoms with E-state index in [0.29, 0.717) is 17.8 Å². The van der Waals surface area contributed by atoms with Gasteiger partial charge in [-0.25, -0.2) is 4.79 Å². The number of carboxylic acids is 1. The molecule has 0 aliphatic heterocycles. The number of likely N-dealkylation sites (N-methyl/N-ethyl adjacent to an activating group) is 1. The van der Waals surface area contributed by atoms with E-state index in [1.54, 1.807) is 24.3 Å². The van der Waals surface area contributed by atoms with Crippen LogP contribution >= 0.6 is 0 Å². The van der Waals surface area contributed by atoms with Gasteiger partial charge in [0.15, 0.2) is 0 Å². The maximum atomic E-state index is 12.5. The zero-order valence-corrected chi connectivity index (χ0v) is 15.4. The van der Waals surface area contributed by atoms with Crippen LogP contribution in [0.1, 0.15) is 43.0 Å². The van der Waals surface area contributed by atoms with Gasteiger partial charge in [0.05, 0.1) is 6.54 Å². The van der Waals surface area contributed by atoms with Gasteiger partial charge < -0.3 is 21.1 Å². The lowest BCUT2D eigenvalue weighted by Crippen LogP contribution is -2.54. The van der Waals surface area contributed by atoms with Crippen molar-refractivity contribution in [1.29, 1.82) is 0 Å². The predicted molar refractivity (Wildman–Crippen MR) is 101 cm³/mol. The SMILES string of the molecule is CCN(CC(=O)O)C1CC(NC(=O)c2cccc(NC(=O)NC3CC3)c2)C1. The number of nitrogens with zero attached hydrogens (tertiary/aromatic N) is 1. The van der Waals surface area contributed by atoms with E-state index in [-0.39, 0.29) is 36.6 Å². The Balaban J connectivity index is 1.48. The summed E-state index contributed by atoms with van der Waals surface area (Å²) < 4.78 is 0. The molecule has 4 N–H and O–H groups in total. The van der Waals surface area contributed by atoms with Crippen LogP contribution in [-0.4, -0.2) is 59.1 Å². The van der Waals surface area contributed by atoms with Crippen LogP contribution in [0.15, 0.2) is 24.3 Å². The molecule has 0 atom stereocenters. The van der Waals surface area contributed by atoms with E-state index in [0.717, 1.165) is 25.7 Å². The van der Waals surface area contributed by atoms with Crippen LogP contribution < -0.4 is 16.0 Å². The molecule has 3 rings (SSSR count). The molecule has 146 valence electrons. The smallest absolute Gasteiger partial charge is 0.319 e. The molecule has 27 heavy (non-hydrogen) atoms. The Kier molecular flexibility index (Phi) is 5.95. The minimum absolute atomic E-state index is 0.0263. The molecule has 0 saturated heterocycles. The molecule has 1 aromatic carbocycles. The Morgan fingerprint density at radius 2 is 1.89 bits per heavy atom. The van der Waals surface area contributed by atoms with Gasteiger partial charge in [-0.2, -0.15) is 0 Å². The van der Waals surface area contributed by atoms with Gasteiger partial charge in [-0.1, -0.05) is 13.0 Å². The fourth-order valence-corrected chi connectivity index (χ4v) is 3.26. The van der Waals surface area contributed by atoms with Gasteiger partial charge in [-0.05, 0) is 50.4 Å². The molecule has 2 aliphatic carbocycles. The lowest BCUT2D eigenvalue weighted by Gasteiger charge is -2.42. The fraction of sp³-hybridized carbons (Fsp3) is 0.526. The molecule has 0 spiro atoms. The number of benzene rings is 1. The van der Waals surface area contributed by atoms with Gasteiger partial charge in [-0.3, -0.25) is 14.5 Å². The molecule has 3 amide bonds. The Morgan fingerprint density at radius 1 is 1.15 bits per heavy atom. The molecule has 2 fully saturated rings. The van der Waals surface area contributed by atoms with Crippen molar-refractivity contribution in [2.24, 2.45) is 0 Å². The summed E-state index contributed by atoms with van der Waals surface area (Å²) in [5, 5.41) is 17.5. The number of aliphatic carboxylic acids is 1. The van der Waals surface area contributed by atoms with Crippen LogP contribution in [-0.2, 0) is 4.79 Å². The highest BCUT2D eigenvalue weighted by atomic mass is 16.4. The summed E-state index contributed by atoms with van der Waals surface area (Å²) in [4.78, 5) is 37.1. The maximum Gasteiger partial charge on any atom is 0.319 e. The van der Waals surface area contributed by atoms with Gasteiger partial charge in [0.25, 0.3) is 5.91 Å². The molecule has 0 bridgehead atoms. The van der Waals surface area contributed by atoms with Crippen molar-refractivity contribution in [1.82, 2.24) is 15.5 Å². The number of nitrogens with one attached hydrogen (secondary N) is 3. The zero-order valence-electron chi connectivity index (χ0n) is 15.4. The van der Waals surface area contributed by atoms with E-state index in [4.69, 9.17) is 5.11 Å². The number of rotatable bonds is 8. The average molecular weight is 374 g/mol. The van der Waals surface area contributed by atoms with E-state index in [1.165, 1.54) is 0 Å². The van der Waals surface area contributed by atoms with Crippen LogP contribution in [0.3, 0.4) is 0 Å². The van der Waals surface area contributed by atoms with Gasteiger partial charge in [-0.15, -0.1) is 0 Å². The van der Waals surface area contributed by atoms with Gasteiger partial charge >= 0.3 is 12.0 Å². The van der Waals surface area contributed by atoms with Crippen molar-refractivity contribution in [2.75, 3.05) is 18.4 Å². The first kappa shape index (κ1) is 19.2. The molecule has 2 saturated carbocycles. The third-order valence-electron chi connectivity index (χ3n) is 5.00. The van der Waals surface area contributed by atoms with Crippen molar-refractivity contribution in [2.45, 2.75) is 50.7 Å². The van der Waals surface area contributed by atoms with Crippen LogP contribution in [0.25, 0.3) is 0 Å². The number of anilines is 1. The molecule has 0 heterocycles. The molecular weight excluding hydrogens is 348 g/mol. The summed E-state index contributed by atoms with van der Waals surface area (Å²) >= 11 is 0. The third-order valence-corrected chi connectivity index (χ3v) is 5.00. The molecule has 0 radical (unpaired) electrons. The monoisotopic (exact) mass is 374 g/mol. The van der Waals surface area contributed by atoms with Gasteiger partial charge in [0, 0.05) is 29.4 Å². The zero-order chi connectivity index (χ0) is 19.4. The van der Waals surface area contributed by atoms with Crippen molar-refractivity contribution in [3.63, 3.8) is 0 Å². The number of carbonyl (C=O) groups is 3. The summed E-state index contributed by atoms with van der Waals surface area (Å²) in [6.07, 6.45) is 3.52. The molecule has 8 nitrogen and oxygen atoms in total.